The number of likely N-dealkylation sites (tertiary alicyclic amines) is 1. The normalized spacial score (nSPS) is 35.8. The SMILES string of the molecule is CC1(C)CC(CN)CN1C1CC1. The highest BCUT2D eigenvalue weighted by Crippen LogP contribution is 2.40. The topological polar surface area (TPSA) is 29.3 Å². The summed E-state index contributed by atoms with van der Waals surface area (Å²) in [5.74, 6) is 0.751. The molecule has 2 N–H and O–H groups in total. The van der Waals surface area contributed by atoms with Gasteiger partial charge in [-0.1, -0.05) is 0 Å². The molecule has 1 aliphatic heterocycles. The van der Waals surface area contributed by atoms with Crippen LogP contribution < -0.4 is 5.73 Å². The van der Waals surface area contributed by atoms with Gasteiger partial charge in [-0.05, 0) is 45.6 Å². The Morgan fingerprint density at radius 1 is 1.42 bits per heavy atom. The van der Waals surface area contributed by atoms with Crippen molar-refractivity contribution in [2.75, 3.05) is 13.1 Å². The third kappa shape index (κ3) is 1.38. The molecule has 0 radical (unpaired) electrons. The molecule has 2 nitrogen and oxygen atoms in total. The fourth-order valence-corrected chi connectivity index (χ4v) is 2.60. The van der Waals surface area contributed by atoms with Crippen molar-refractivity contribution in [2.24, 2.45) is 11.7 Å². The Hall–Kier alpha value is -0.0800. The predicted molar refractivity (Wildman–Crippen MR) is 51.0 cm³/mol. The van der Waals surface area contributed by atoms with Crippen molar-refractivity contribution in [3.8, 4) is 0 Å². The lowest BCUT2D eigenvalue weighted by Crippen LogP contribution is -2.39. The first-order valence-corrected chi connectivity index (χ1v) is 5.10. The fourth-order valence-electron chi connectivity index (χ4n) is 2.60. The fraction of sp³-hybridized carbons (Fsp3) is 1.00. The van der Waals surface area contributed by atoms with Gasteiger partial charge in [0.1, 0.15) is 0 Å². The molecule has 0 spiro atoms. The molecule has 2 rings (SSSR count). The highest BCUT2D eigenvalue weighted by atomic mass is 15.3. The third-order valence-corrected chi connectivity index (χ3v) is 3.34. The van der Waals surface area contributed by atoms with Crippen molar-refractivity contribution in [1.29, 1.82) is 0 Å². The van der Waals surface area contributed by atoms with Crippen molar-refractivity contribution in [2.45, 2.75) is 44.7 Å². The summed E-state index contributed by atoms with van der Waals surface area (Å²) in [6, 6.07) is 0.900. The van der Waals surface area contributed by atoms with Crippen LogP contribution in [0, 0.1) is 5.92 Å². The van der Waals surface area contributed by atoms with Gasteiger partial charge in [0.2, 0.25) is 0 Å². The molecule has 1 saturated heterocycles. The van der Waals surface area contributed by atoms with Crippen LogP contribution in [-0.4, -0.2) is 29.6 Å². The molecule has 1 heterocycles. The predicted octanol–water partition coefficient (Wildman–Crippen LogP) is 1.21. The molecule has 0 amide bonds. The van der Waals surface area contributed by atoms with Gasteiger partial charge >= 0.3 is 0 Å². The summed E-state index contributed by atoms with van der Waals surface area (Å²) in [7, 11) is 0. The number of hydrogen-bond donors (Lipinski definition) is 1. The minimum absolute atomic E-state index is 0.422. The van der Waals surface area contributed by atoms with E-state index in [4.69, 9.17) is 5.73 Å². The van der Waals surface area contributed by atoms with E-state index in [0.717, 1.165) is 18.5 Å². The van der Waals surface area contributed by atoms with Crippen LogP contribution in [0.2, 0.25) is 0 Å². The molecule has 2 heteroatoms. The van der Waals surface area contributed by atoms with Crippen LogP contribution in [0.5, 0.6) is 0 Å². The average molecular weight is 168 g/mol. The molecule has 70 valence electrons. The van der Waals surface area contributed by atoms with E-state index in [-0.39, 0.29) is 0 Å². The molecule has 0 aromatic heterocycles. The Kier molecular flexibility index (Phi) is 1.92. The van der Waals surface area contributed by atoms with Crippen LogP contribution in [0.4, 0.5) is 0 Å². The first kappa shape index (κ1) is 8.52. The van der Waals surface area contributed by atoms with Gasteiger partial charge in [-0.3, -0.25) is 4.90 Å². The summed E-state index contributed by atoms with van der Waals surface area (Å²) in [5.41, 5.74) is 6.13. The second kappa shape index (κ2) is 2.71. The van der Waals surface area contributed by atoms with Gasteiger partial charge < -0.3 is 5.73 Å². The first-order valence-electron chi connectivity index (χ1n) is 5.10. The van der Waals surface area contributed by atoms with Gasteiger partial charge in [0, 0.05) is 18.1 Å². The summed E-state index contributed by atoms with van der Waals surface area (Å²) >= 11 is 0. The molecule has 1 unspecified atom stereocenters. The van der Waals surface area contributed by atoms with E-state index in [1.54, 1.807) is 0 Å². The minimum Gasteiger partial charge on any atom is -0.330 e. The van der Waals surface area contributed by atoms with E-state index in [2.05, 4.69) is 18.7 Å². The Labute approximate surface area is 75.1 Å². The van der Waals surface area contributed by atoms with E-state index in [1.165, 1.54) is 25.8 Å². The van der Waals surface area contributed by atoms with Crippen LogP contribution >= 0.6 is 0 Å². The Balaban J connectivity index is 2.02. The summed E-state index contributed by atoms with van der Waals surface area (Å²) in [6.07, 6.45) is 4.13. The van der Waals surface area contributed by atoms with E-state index < -0.39 is 0 Å². The molecule has 12 heavy (non-hydrogen) atoms. The average Bonchev–Trinajstić information content (AvgIpc) is 2.76. The molecule has 1 atom stereocenters. The maximum atomic E-state index is 5.71. The van der Waals surface area contributed by atoms with Gasteiger partial charge in [0.05, 0.1) is 0 Å². The highest BCUT2D eigenvalue weighted by molar-refractivity contribution is 5.00. The summed E-state index contributed by atoms with van der Waals surface area (Å²) < 4.78 is 0. The van der Waals surface area contributed by atoms with Gasteiger partial charge in [0.25, 0.3) is 0 Å². The van der Waals surface area contributed by atoms with Gasteiger partial charge in [-0.2, -0.15) is 0 Å². The maximum absolute atomic E-state index is 5.71. The van der Waals surface area contributed by atoms with E-state index in [0.29, 0.717) is 5.54 Å². The maximum Gasteiger partial charge on any atom is 0.0159 e. The minimum atomic E-state index is 0.422. The van der Waals surface area contributed by atoms with Crippen LogP contribution in [-0.2, 0) is 0 Å². The second-order valence-corrected chi connectivity index (χ2v) is 5.00. The zero-order valence-corrected chi connectivity index (χ0v) is 8.21. The van der Waals surface area contributed by atoms with Gasteiger partial charge in [-0.15, -0.1) is 0 Å². The zero-order valence-electron chi connectivity index (χ0n) is 8.21. The van der Waals surface area contributed by atoms with Crippen LogP contribution in [0.3, 0.4) is 0 Å². The lowest BCUT2D eigenvalue weighted by Gasteiger charge is -2.31. The van der Waals surface area contributed by atoms with Crippen molar-refractivity contribution < 1.29 is 0 Å². The van der Waals surface area contributed by atoms with Crippen LogP contribution in [0.15, 0.2) is 0 Å². The third-order valence-electron chi connectivity index (χ3n) is 3.34. The lowest BCUT2D eigenvalue weighted by atomic mass is 9.96. The molecular formula is C10H20N2. The highest BCUT2D eigenvalue weighted by Gasteiger charge is 2.44. The van der Waals surface area contributed by atoms with Crippen LogP contribution in [0.1, 0.15) is 33.1 Å². The number of nitrogens with two attached hydrogens (primary N) is 1. The number of nitrogens with zero attached hydrogens (tertiary/aromatic N) is 1. The standard InChI is InChI=1S/C10H20N2/c1-10(2)5-8(6-11)7-12(10)9-3-4-9/h8-9H,3-7,11H2,1-2H3. The monoisotopic (exact) mass is 168 g/mol. The zero-order chi connectivity index (χ0) is 8.77. The van der Waals surface area contributed by atoms with Crippen LogP contribution in [0.25, 0.3) is 0 Å². The second-order valence-electron chi connectivity index (χ2n) is 5.00. The van der Waals surface area contributed by atoms with Gasteiger partial charge in [-0.25, -0.2) is 0 Å². The molecule has 0 bridgehead atoms. The lowest BCUT2D eigenvalue weighted by molar-refractivity contribution is 0.165. The van der Waals surface area contributed by atoms with Crippen molar-refractivity contribution in [3.05, 3.63) is 0 Å². The molecule has 2 fully saturated rings. The van der Waals surface area contributed by atoms with Crippen molar-refractivity contribution in [1.82, 2.24) is 4.90 Å². The molecule has 0 aromatic carbocycles. The Morgan fingerprint density at radius 3 is 2.50 bits per heavy atom. The Morgan fingerprint density at radius 2 is 2.08 bits per heavy atom. The number of rotatable bonds is 2. The summed E-state index contributed by atoms with van der Waals surface area (Å²) in [4.78, 5) is 2.67. The van der Waals surface area contributed by atoms with E-state index in [9.17, 15) is 0 Å². The molecule has 2 aliphatic rings. The first-order chi connectivity index (χ1) is 5.63. The van der Waals surface area contributed by atoms with Crippen molar-refractivity contribution in [3.63, 3.8) is 0 Å². The van der Waals surface area contributed by atoms with E-state index in [1.807, 2.05) is 0 Å². The van der Waals surface area contributed by atoms with Crippen molar-refractivity contribution >= 4 is 0 Å². The summed E-state index contributed by atoms with van der Waals surface area (Å²) in [6.45, 7) is 6.84. The summed E-state index contributed by atoms with van der Waals surface area (Å²) in [5, 5.41) is 0. The van der Waals surface area contributed by atoms with Gasteiger partial charge in [0.15, 0.2) is 0 Å². The Bertz CT molecular complexity index is 173. The molecular weight excluding hydrogens is 148 g/mol. The largest absolute Gasteiger partial charge is 0.330 e. The quantitative estimate of drug-likeness (QED) is 0.671. The molecule has 1 saturated carbocycles. The smallest absolute Gasteiger partial charge is 0.0159 e. The molecule has 1 aliphatic carbocycles. The van der Waals surface area contributed by atoms with E-state index >= 15 is 0 Å². The number of hydrogen-bond acceptors (Lipinski definition) is 2. The molecule has 0 aromatic rings.